The quantitative estimate of drug-likeness (QED) is 0.812. The molecule has 4 N–H and O–H groups in total. The van der Waals surface area contributed by atoms with E-state index in [1.807, 2.05) is 12.1 Å². The van der Waals surface area contributed by atoms with Crippen LogP contribution in [0.2, 0.25) is 5.15 Å². The molecule has 3 atom stereocenters. The molecule has 0 radical (unpaired) electrons. The monoisotopic (exact) mass is 344 g/mol. The molecule has 1 aliphatic carbocycles. The van der Waals surface area contributed by atoms with E-state index in [4.69, 9.17) is 23.1 Å². The Morgan fingerprint density at radius 2 is 1.96 bits per heavy atom. The van der Waals surface area contributed by atoms with Gasteiger partial charge in [-0.1, -0.05) is 11.6 Å². The molecular formula is C17H21ClN6. The Morgan fingerprint density at radius 3 is 2.58 bits per heavy atom. The zero-order valence-electron chi connectivity index (χ0n) is 13.6. The molecule has 2 aromatic heterocycles. The first-order valence-electron chi connectivity index (χ1n) is 8.20. The molecule has 7 heteroatoms. The third kappa shape index (κ3) is 2.70. The van der Waals surface area contributed by atoms with Gasteiger partial charge in [0, 0.05) is 30.4 Å². The van der Waals surface area contributed by atoms with Crippen LogP contribution in [0.15, 0.2) is 24.5 Å². The lowest BCUT2D eigenvalue weighted by Gasteiger charge is -2.23. The minimum absolute atomic E-state index is 0.0208. The standard InChI is InChI=1S/C17H21ClN6/c1-17(20)5-10-8-24(9-11(10)6-17)13-7-22-14(16(19)23-13)12-3-2-4-21-15(12)18/h2-4,7,10-11H,5-6,8-9,20H2,1H3,(H2,19,23)/t10-,11+,17-. The first-order valence-corrected chi connectivity index (χ1v) is 8.58. The molecule has 2 fully saturated rings. The molecule has 1 aliphatic heterocycles. The molecule has 1 saturated carbocycles. The van der Waals surface area contributed by atoms with Gasteiger partial charge < -0.3 is 16.4 Å². The average molecular weight is 345 g/mol. The maximum atomic E-state index is 6.29. The Labute approximate surface area is 146 Å². The SMILES string of the molecule is C[C@]1(N)C[C@H]2CN(c3cnc(-c4cccnc4Cl)c(N)n3)C[C@H]2C1. The van der Waals surface area contributed by atoms with Crippen LogP contribution in [0.3, 0.4) is 0 Å². The van der Waals surface area contributed by atoms with Crippen molar-refractivity contribution in [2.75, 3.05) is 23.7 Å². The summed E-state index contributed by atoms with van der Waals surface area (Å²) in [5.74, 6) is 2.47. The van der Waals surface area contributed by atoms with Crippen LogP contribution in [0.5, 0.6) is 0 Å². The Balaban J connectivity index is 1.57. The highest BCUT2D eigenvalue weighted by Crippen LogP contribution is 2.43. The molecule has 0 aromatic carbocycles. The Kier molecular flexibility index (Phi) is 3.62. The number of nitrogens with zero attached hydrogens (tertiary/aromatic N) is 4. The molecular weight excluding hydrogens is 324 g/mol. The van der Waals surface area contributed by atoms with E-state index in [9.17, 15) is 0 Å². The highest BCUT2D eigenvalue weighted by Gasteiger charge is 2.45. The summed E-state index contributed by atoms with van der Waals surface area (Å²) in [6.45, 7) is 4.09. The third-order valence-corrected chi connectivity index (χ3v) is 5.46. The van der Waals surface area contributed by atoms with Crippen molar-refractivity contribution in [1.29, 1.82) is 0 Å². The predicted octanol–water partition coefficient (Wildman–Crippen LogP) is 2.34. The molecule has 3 heterocycles. The third-order valence-electron chi connectivity index (χ3n) is 5.16. The van der Waals surface area contributed by atoms with Crippen LogP contribution in [0.4, 0.5) is 11.6 Å². The number of nitrogen functional groups attached to an aromatic ring is 1. The number of anilines is 2. The van der Waals surface area contributed by atoms with E-state index in [-0.39, 0.29) is 5.54 Å². The number of rotatable bonds is 2. The minimum atomic E-state index is -0.0208. The Bertz CT molecular complexity index is 761. The van der Waals surface area contributed by atoms with Crippen LogP contribution in [-0.4, -0.2) is 33.6 Å². The van der Waals surface area contributed by atoms with Crippen LogP contribution in [0, 0.1) is 11.8 Å². The van der Waals surface area contributed by atoms with E-state index in [0.29, 0.717) is 34.1 Å². The highest BCUT2D eigenvalue weighted by atomic mass is 35.5. The molecule has 24 heavy (non-hydrogen) atoms. The highest BCUT2D eigenvalue weighted by molar-refractivity contribution is 6.32. The van der Waals surface area contributed by atoms with Crippen molar-refractivity contribution in [2.45, 2.75) is 25.3 Å². The first-order chi connectivity index (χ1) is 11.4. The van der Waals surface area contributed by atoms with Crippen LogP contribution in [0.1, 0.15) is 19.8 Å². The molecule has 4 rings (SSSR count). The number of nitrogens with two attached hydrogens (primary N) is 2. The number of pyridine rings is 1. The van der Waals surface area contributed by atoms with Gasteiger partial charge in [-0.25, -0.2) is 15.0 Å². The molecule has 1 saturated heterocycles. The van der Waals surface area contributed by atoms with Crippen molar-refractivity contribution >= 4 is 23.2 Å². The number of aromatic nitrogens is 3. The van der Waals surface area contributed by atoms with Crippen LogP contribution in [-0.2, 0) is 0 Å². The molecule has 0 spiro atoms. The summed E-state index contributed by atoms with van der Waals surface area (Å²) >= 11 is 6.13. The van der Waals surface area contributed by atoms with Crippen molar-refractivity contribution < 1.29 is 0 Å². The predicted molar refractivity (Wildman–Crippen MR) is 95.7 cm³/mol. The van der Waals surface area contributed by atoms with Crippen LogP contribution in [0.25, 0.3) is 11.3 Å². The van der Waals surface area contributed by atoms with Gasteiger partial charge in [0.05, 0.1) is 6.20 Å². The normalized spacial score (nSPS) is 29.0. The van der Waals surface area contributed by atoms with Crippen molar-refractivity contribution in [3.05, 3.63) is 29.7 Å². The van der Waals surface area contributed by atoms with Crippen molar-refractivity contribution in [2.24, 2.45) is 17.6 Å². The molecule has 0 bridgehead atoms. The maximum Gasteiger partial charge on any atom is 0.152 e. The molecule has 126 valence electrons. The van der Waals surface area contributed by atoms with Gasteiger partial charge in [0.1, 0.15) is 16.7 Å². The summed E-state index contributed by atoms with van der Waals surface area (Å²) in [5.41, 5.74) is 13.7. The lowest BCUT2D eigenvalue weighted by atomic mass is 10.00. The van der Waals surface area contributed by atoms with Crippen LogP contribution >= 0.6 is 11.6 Å². The molecule has 2 aromatic rings. The van der Waals surface area contributed by atoms with Gasteiger partial charge in [0.25, 0.3) is 0 Å². The van der Waals surface area contributed by atoms with Crippen molar-refractivity contribution in [3.8, 4) is 11.3 Å². The number of hydrogen-bond donors (Lipinski definition) is 2. The molecule has 2 aliphatic rings. The van der Waals surface area contributed by atoms with Crippen molar-refractivity contribution in [3.63, 3.8) is 0 Å². The molecule has 0 amide bonds. The number of fused-ring (bicyclic) bond motifs is 1. The van der Waals surface area contributed by atoms with E-state index in [0.717, 1.165) is 31.7 Å². The average Bonchev–Trinajstić information content (AvgIpc) is 3.01. The minimum Gasteiger partial charge on any atom is -0.382 e. The van der Waals surface area contributed by atoms with E-state index < -0.39 is 0 Å². The first kappa shape index (κ1) is 15.6. The van der Waals surface area contributed by atoms with E-state index in [2.05, 4.69) is 26.8 Å². The van der Waals surface area contributed by atoms with Gasteiger partial charge in [-0.05, 0) is 43.7 Å². The van der Waals surface area contributed by atoms with Gasteiger partial charge in [-0.3, -0.25) is 0 Å². The van der Waals surface area contributed by atoms with E-state index in [1.54, 1.807) is 12.4 Å². The fourth-order valence-electron chi connectivity index (χ4n) is 4.19. The second-order valence-corrected chi connectivity index (χ2v) is 7.65. The summed E-state index contributed by atoms with van der Waals surface area (Å²) in [6, 6.07) is 3.65. The fourth-order valence-corrected chi connectivity index (χ4v) is 4.39. The smallest absolute Gasteiger partial charge is 0.152 e. The largest absolute Gasteiger partial charge is 0.382 e. The number of hydrogen-bond acceptors (Lipinski definition) is 6. The van der Waals surface area contributed by atoms with Gasteiger partial charge >= 0.3 is 0 Å². The summed E-state index contributed by atoms with van der Waals surface area (Å²) in [7, 11) is 0. The molecule has 6 nitrogen and oxygen atoms in total. The zero-order valence-corrected chi connectivity index (χ0v) is 14.4. The van der Waals surface area contributed by atoms with Gasteiger partial charge in [0.2, 0.25) is 0 Å². The fraction of sp³-hybridized carbons (Fsp3) is 0.471. The summed E-state index contributed by atoms with van der Waals surface area (Å²) in [5, 5.41) is 0.379. The van der Waals surface area contributed by atoms with Crippen molar-refractivity contribution in [1.82, 2.24) is 15.0 Å². The topological polar surface area (TPSA) is 94.0 Å². The summed E-state index contributed by atoms with van der Waals surface area (Å²) in [4.78, 5) is 15.4. The molecule has 0 unspecified atom stereocenters. The summed E-state index contributed by atoms with van der Waals surface area (Å²) in [6.07, 6.45) is 5.55. The second-order valence-electron chi connectivity index (χ2n) is 7.29. The number of halogens is 1. The van der Waals surface area contributed by atoms with Crippen LogP contribution < -0.4 is 16.4 Å². The Hall–Kier alpha value is -1.92. The van der Waals surface area contributed by atoms with E-state index in [1.165, 1.54) is 0 Å². The summed E-state index contributed by atoms with van der Waals surface area (Å²) < 4.78 is 0. The lowest BCUT2D eigenvalue weighted by molar-refractivity contribution is 0.449. The van der Waals surface area contributed by atoms with Gasteiger partial charge in [0.15, 0.2) is 5.82 Å². The lowest BCUT2D eigenvalue weighted by Crippen LogP contribution is -2.35. The van der Waals surface area contributed by atoms with Gasteiger partial charge in [-0.15, -0.1) is 0 Å². The zero-order chi connectivity index (χ0) is 16.9. The van der Waals surface area contributed by atoms with Gasteiger partial charge in [-0.2, -0.15) is 0 Å². The second kappa shape index (κ2) is 5.57. The Morgan fingerprint density at radius 1 is 1.25 bits per heavy atom. The maximum absolute atomic E-state index is 6.29. The van der Waals surface area contributed by atoms with E-state index >= 15 is 0 Å².